The summed E-state index contributed by atoms with van der Waals surface area (Å²) in [5.74, 6) is 1.32. The van der Waals surface area contributed by atoms with Gasteiger partial charge in [-0.25, -0.2) is 9.97 Å². The van der Waals surface area contributed by atoms with Crippen LogP contribution in [0.3, 0.4) is 0 Å². The van der Waals surface area contributed by atoms with Crippen LogP contribution >= 0.6 is 11.6 Å². The number of rotatable bonds is 3. The second-order valence-corrected chi connectivity index (χ2v) is 6.96. The maximum atomic E-state index is 12.0. The zero-order chi connectivity index (χ0) is 18.3. The Kier molecular flexibility index (Phi) is 4.44. The van der Waals surface area contributed by atoms with Gasteiger partial charge < -0.3 is 14.1 Å². The van der Waals surface area contributed by atoms with Gasteiger partial charge in [-0.1, -0.05) is 11.6 Å². The quantitative estimate of drug-likeness (QED) is 0.643. The molecule has 7 heteroatoms. The molecule has 0 amide bonds. The predicted octanol–water partition coefficient (Wildman–Crippen LogP) is 4.12. The Morgan fingerprint density at radius 1 is 1.35 bits per heavy atom. The van der Waals surface area contributed by atoms with Crippen molar-refractivity contribution in [2.75, 3.05) is 24.6 Å². The molecule has 0 aliphatic carbocycles. The number of esters is 1. The van der Waals surface area contributed by atoms with Crippen molar-refractivity contribution in [3.63, 3.8) is 0 Å². The molecule has 6 nitrogen and oxygen atoms in total. The van der Waals surface area contributed by atoms with E-state index in [0.717, 1.165) is 48.2 Å². The summed E-state index contributed by atoms with van der Waals surface area (Å²) < 4.78 is 11.2. The van der Waals surface area contributed by atoms with E-state index >= 15 is 0 Å². The van der Waals surface area contributed by atoms with Crippen molar-refractivity contribution >= 4 is 45.5 Å². The summed E-state index contributed by atoms with van der Waals surface area (Å²) in [6.07, 6.45) is 1.49. The molecule has 1 aliphatic heterocycles. The zero-order valence-electron chi connectivity index (χ0n) is 14.8. The number of nitrogens with zero attached hydrogens (tertiary/aromatic N) is 3. The minimum atomic E-state index is -0.102. The van der Waals surface area contributed by atoms with E-state index in [0.29, 0.717) is 23.0 Å². The molecule has 0 radical (unpaired) electrons. The molecule has 0 bridgehead atoms. The van der Waals surface area contributed by atoms with Crippen molar-refractivity contribution < 1.29 is 13.9 Å². The van der Waals surface area contributed by atoms with Crippen molar-refractivity contribution in [3.05, 3.63) is 29.0 Å². The fraction of sp³-hybridized carbons (Fsp3) is 0.421. The third-order valence-electron chi connectivity index (χ3n) is 4.78. The number of carbonyl (C=O) groups excluding carboxylic acids is 1. The number of furan rings is 1. The molecule has 1 fully saturated rings. The number of aryl methyl sites for hydroxylation is 1. The van der Waals surface area contributed by atoms with Gasteiger partial charge in [0.1, 0.15) is 16.9 Å². The topological polar surface area (TPSA) is 68.5 Å². The minimum Gasteiger partial charge on any atom is -0.466 e. The van der Waals surface area contributed by atoms with E-state index in [-0.39, 0.29) is 11.9 Å². The lowest BCUT2D eigenvalue weighted by Crippen LogP contribution is -2.37. The van der Waals surface area contributed by atoms with E-state index in [9.17, 15) is 4.79 Å². The number of benzene rings is 1. The van der Waals surface area contributed by atoms with Crippen LogP contribution in [0.5, 0.6) is 0 Å². The van der Waals surface area contributed by atoms with E-state index in [1.807, 2.05) is 26.0 Å². The molecular weight excluding hydrogens is 354 g/mol. The Bertz CT molecular complexity index is 977. The van der Waals surface area contributed by atoms with Gasteiger partial charge in [-0.05, 0) is 44.9 Å². The smallest absolute Gasteiger partial charge is 0.309 e. The zero-order valence-corrected chi connectivity index (χ0v) is 15.5. The van der Waals surface area contributed by atoms with Crippen LogP contribution in [0.1, 0.15) is 25.6 Å². The van der Waals surface area contributed by atoms with E-state index in [1.165, 1.54) is 0 Å². The van der Waals surface area contributed by atoms with Crippen molar-refractivity contribution in [2.24, 2.45) is 5.92 Å². The maximum Gasteiger partial charge on any atom is 0.309 e. The highest BCUT2D eigenvalue weighted by molar-refractivity contribution is 6.31. The number of piperidine rings is 1. The first-order valence-electron chi connectivity index (χ1n) is 8.84. The number of anilines is 1. The fourth-order valence-corrected chi connectivity index (χ4v) is 3.68. The van der Waals surface area contributed by atoms with Crippen LogP contribution in [0.15, 0.2) is 22.6 Å². The molecule has 2 aromatic heterocycles. The molecule has 1 aliphatic rings. The summed E-state index contributed by atoms with van der Waals surface area (Å²) in [5, 5.41) is 1.54. The van der Waals surface area contributed by atoms with Crippen molar-refractivity contribution in [3.8, 4) is 0 Å². The van der Waals surface area contributed by atoms with E-state index < -0.39 is 0 Å². The fourth-order valence-electron chi connectivity index (χ4n) is 3.51. The molecule has 0 saturated carbocycles. The Labute approximate surface area is 156 Å². The highest BCUT2D eigenvalue weighted by Gasteiger charge is 2.28. The van der Waals surface area contributed by atoms with Crippen LogP contribution in [0.4, 0.5) is 5.82 Å². The first kappa shape index (κ1) is 17.1. The molecule has 26 heavy (non-hydrogen) atoms. The van der Waals surface area contributed by atoms with Crippen LogP contribution in [0, 0.1) is 12.8 Å². The monoisotopic (exact) mass is 373 g/mol. The lowest BCUT2D eigenvalue weighted by Gasteiger charge is -2.31. The summed E-state index contributed by atoms with van der Waals surface area (Å²) in [7, 11) is 0. The molecule has 3 heterocycles. The lowest BCUT2D eigenvalue weighted by molar-refractivity contribution is -0.148. The second-order valence-electron chi connectivity index (χ2n) is 6.53. The van der Waals surface area contributed by atoms with Gasteiger partial charge in [0.25, 0.3) is 0 Å². The van der Waals surface area contributed by atoms with E-state index in [4.69, 9.17) is 20.8 Å². The summed E-state index contributed by atoms with van der Waals surface area (Å²) in [4.78, 5) is 23.3. The van der Waals surface area contributed by atoms with Crippen molar-refractivity contribution in [1.82, 2.24) is 9.97 Å². The number of hydrogen-bond acceptors (Lipinski definition) is 6. The minimum absolute atomic E-state index is 0.0425. The molecule has 0 unspecified atom stereocenters. The summed E-state index contributed by atoms with van der Waals surface area (Å²) in [5.41, 5.74) is 2.19. The number of ether oxygens (including phenoxy) is 1. The second kappa shape index (κ2) is 6.76. The van der Waals surface area contributed by atoms with Crippen LogP contribution in [0.25, 0.3) is 22.1 Å². The first-order chi connectivity index (χ1) is 12.6. The van der Waals surface area contributed by atoms with Gasteiger partial charge in [0, 0.05) is 23.5 Å². The Hall–Kier alpha value is -2.34. The average Bonchev–Trinajstić information content (AvgIpc) is 2.99. The van der Waals surface area contributed by atoms with Gasteiger partial charge in [-0.2, -0.15) is 0 Å². The Morgan fingerprint density at radius 3 is 2.85 bits per heavy atom. The standard InChI is InChI=1S/C19H20ClN3O3/c1-3-25-19(24)12-6-8-23(9-7-12)18-17-16(21-11(2)22-18)14-10-13(20)4-5-15(14)26-17/h4-5,10,12H,3,6-9H2,1-2H3. The van der Waals surface area contributed by atoms with Crippen molar-refractivity contribution in [1.29, 1.82) is 0 Å². The number of carbonyl (C=O) groups is 1. The number of hydrogen-bond donors (Lipinski definition) is 0. The maximum absolute atomic E-state index is 12.0. The molecule has 136 valence electrons. The highest BCUT2D eigenvalue weighted by Crippen LogP contribution is 2.35. The van der Waals surface area contributed by atoms with Crippen LogP contribution in [-0.4, -0.2) is 35.6 Å². The van der Waals surface area contributed by atoms with Crippen LogP contribution in [-0.2, 0) is 9.53 Å². The third-order valence-corrected chi connectivity index (χ3v) is 5.02. The Balaban J connectivity index is 1.69. The van der Waals surface area contributed by atoms with Crippen molar-refractivity contribution in [2.45, 2.75) is 26.7 Å². The van der Waals surface area contributed by atoms with Gasteiger partial charge in [0.05, 0.1) is 12.5 Å². The number of halogens is 1. The summed E-state index contributed by atoms with van der Waals surface area (Å²) in [6.45, 7) is 5.59. The number of aromatic nitrogens is 2. The van der Waals surface area contributed by atoms with Gasteiger partial charge in [-0.15, -0.1) is 0 Å². The molecule has 0 spiro atoms. The molecule has 1 saturated heterocycles. The van der Waals surface area contributed by atoms with Crippen LogP contribution in [0.2, 0.25) is 5.02 Å². The van der Waals surface area contributed by atoms with E-state index in [2.05, 4.69) is 14.9 Å². The first-order valence-corrected chi connectivity index (χ1v) is 9.22. The van der Waals surface area contributed by atoms with Gasteiger partial charge in [0.15, 0.2) is 11.4 Å². The SMILES string of the molecule is CCOC(=O)C1CCN(c2nc(C)nc3c2oc2ccc(Cl)cc23)CC1. The molecule has 4 rings (SSSR count). The molecule has 0 N–H and O–H groups in total. The Morgan fingerprint density at radius 2 is 2.12 bits per heavy atom. The molecule has 0 atom stereocenters. The molecule has 1 aromatic carbocycles. The van der Waals surface area contributed by atoms with Gasteiger partial charge in [0.2, 0.25) is 0 Å². The largest absolute Gasteiger partial charge is 0.466 e. The predicted molar refractivity (Wildman–Crippen MR) is 101 cm³/mol. The van der Waals surface area contributed by atoms with E-state index in [1.54, 1.807) is 6.07 Å². The summed E-state index contributed by atoms with van der Waals surface area (Å²) >= 11 is 6.14. The van der Waals surface area contributed by atoms with Gasteiger partial charge in [-0.3, -0.25) is 4.79 Å². The van der Waals surface area contributed by atoms with Gasteiger partial charge >= 0.3 is 5.97 Å². The molecular formula is C19H20ClN3O3. The highest BCUT2D eigenvalue weighted by atomic mass is 35.5. The summed E-state index contributed by atoms with van der Waals surface area (Å²) in [6, 6.07) is 5.52. The molecule has 3 aromatic rings. The average molecular weight is 374 g/mol. The lowest BCUT2D eigenvalue weighted by atomic mass is 9.97. The number of fused-ring (bicyclic) bond motifs is 3. The normalized spacial score (nSPS) is 15.7. The van der Waals surface area contributed by atoms with Crippen LogP contribution < -0.4 is 4.90 Å². The third kappa shape index (κ3) is 2.98.